The van der Waals surface area contributed by atoms with Crippen LogP contribution in [-0.2, 0) is 0 Å². The predicted octanol–water partition coefficient (Wildman–Crippen LogP) is 5.13. The van der Waals surface area contributed by atoms with Gasteiger partial charge in [0.05, 0.1) is 0 Å². The molecule has 1 N–H and O–H groups in total. The second-order valence-electron chi connectivity index (χ2n) is 8.46. The first-order chi connectivity index (χ1) is 17.2. The zero-order valence-electron chi connectivity index (χ0n) is 19.5. The van der Waals surface area contributed by atoms with Crippen LogP contribution in [0.15, 0.2) is 79.4 Å². The highest BCUT2D eigenvalue weighted by atomic mass is 16.5. The van der Waals surface area contributed by atoms with Crippen molar-refractivity contribution in [3.05, 3.63) is 96.2 Å². The first kappa shape index (κ1) is 22.5. The van der Waals surface area contributed by atoms with Crippen LogP contribution in [0.5, 0.6) is 11.6 Å². The van der Waals surface area contributed by atoms with E-state index in [0.717, 1.165) is 35.5 Å². The number of carbonyl (C=O) groups excluding carboxylic acids is 1. The highest BCUT2D eigenvalue weighted by Gasteiger charge is 2.28. The summed E-state index contributed by atoms with van der Waals surface area (Å²) in [5, 5.41) is 3.14. The molecule has 3 heterocycles. The lowest BCUT2D eigenvalue weighted by Crippen LogP contribution is -2.38. The molecule has 2 aromatic heterocycles. The number of aryl methyl sites for hydroxylation is 1. The molecule has 1 aliphatic heterocycles. The van der Waals surface area contributed by atoms with Crippen LogP contribution in [0.25, 0.3) is 0 Å². The van der Waals surface area contributed by atoms with Crippen molar-refractivity contribution in [1.29, 1.82) is 0 Å². The van der Waals surface area contributed by atoms with Gasteiger partial charge in [-0.25, -0.2) is 15.0 Å². The second kappa shape index (κ2) is 10.3. The van der Waals surface area contributed by atoms with E-state index in [1.807, 2.05) is 60.4 Å². The molecule has 0 bridgehead atoms. The van der Waals surface area contributed by atoms with Gasteiger partial charge in [-0.3, -0.25) is 9.78 Å². The molecule has 1 aliphatic rings. The average Bonchev–Trinajstić information content (AvgIpc) is 2.91. The number of nitrogens with one attached hydrogen (secondary N) is 1. The Bertz CT molecular complexity index is 1310. The van der Waals surface area contributed by atoms with Gasteiger partial charge < -0.3 is 15.0 Å². The zero-order chi connectivity index (χ0) is 24.0. The van der Waals surface area contributed by atoms with Crippen LogP contribution in [0.3, 0.4) is 0 Å². The van der Waals surface area contributed by atoms with E-state index in [2.05, 4.69) is 25.3 Å². The number of ether oxygens (including phenoxy) is 1. The van der Waals surface area contributed by atoms with E-state index in [4.69, 9.17) is 4.74 Å². The molecule has 0 atom stereocenters. The molecule has 8 nitrogen and oxygen atoms in total. The minimum absolute atomic E-state index is 0.0107. The first-order valence-electron chi connectivity index (χ1n) is 11.6. The summed E-state index contributed by atoms with van der Waals surface area (Å²) >= 11 is 0. The van der Waals surface area contributed by atoms with Crippen LogP contribution in [0.2, 0.25) is 0 Å². The van der Waals surface area contributed by atoms with Crippen LogP contribution >= 0.6 is 0 Å². The monoisotopic (exact) mass is 466 g/mol. The summed E-state index contributed by atoms with van der Waals surface area (Å²) < 4.78 is 6.13. The summed E-state index contributed by atoms with van der Waals surface area (Å²) in [6.07, 6.45) is 8.28. The Kier molecular flexibility index (Phi) is 6.61. The van der Waals surface area contributed by atoms with E-state index in [-0.39, 0.29) is 11.8 Å². The quantitative estimate of drug-likeness (QED) is 0.421. The summed E-state index contributed by atoms with van der Waals surface area (Å²) in [4.78, 5) is 32.5. The van der Waals surface area contributed by atoms with Crippen molar-refractivity contribution in [1.82, 2.24) is 24.8 Å². The SMILES string of the molecule is Cc1ccccc1Oc1nccnc1C1CCN(C(=O)c2cccc(Nc3ncccn3)c2)CC1. The minimum atomic E-state index is 0.0107. The van der Waals surface area contributed by atoms with Crippen LogP contribution in [0, 0.1) is 6.92 Å². The number of piperidine rings is 1. The van der Waals surface area contributed by atoms with Crippen molar-refractivity contribution in [2.45, 2.75) is 25.7 Å². The molecular formula is C27H26N6O2. The number of aromatic nitrogens is 4. The number of benzene rings is 2. The van der Waals surface area contributed by atoms with E-state index in [1.165, 1.54) is 0 Å². The summed E-state index contributed by atoms with van der Waals surface area (Å²) in [6.45, 7) is 3.29. The molecule has 0 saturated carbocycles. The maximum Gasteiger partial charge on any atom is 0.253 e. The second-order valence-corrected chi connectivity index (χ2v) is 8.46. The number of nitrogens with zero attached hydrogens (tertiary/aromatic N) is 5. The summed E-state index contributed by atoms with van der Waals surface area (Å²) in [5.74, 6) is 1.99. The Balaban J connectivity index is 1.25. The van der Waals surface area contributed by atoms with Gasteiger partial charge in [-0.15, -0.1) is 0 Å². The van der Waals surface area contributed by atoms with Crippen molar-refractivity contribution < 1.29 is 9.53 Å². The van der Waals surface area contributed by atoms with Gasteiger partial charge in [-0.05, 0) is 55.7 Å². The molecule has 4 aromatic rings. The van der Waals surface area contributed by atoms with E-state index >= 15 is 0 Å². The third kappa shape index (κ3) is 5.27. The highest BCUT2D eigenvalue weighted by molar-refractivity contribution is 5.95. The van der Waals surface area contributed by atoms with Crippen LogP contribution in [-0.4, -0.2) is 43.8 Å². The number of carbonyl (C=O) groups is 1. The molecule has 35 heavy (non-hydrogen) atoms. The van der Waals surface area contributed by atoms with Crippen molar-refractivity contribution in [2.24, 2.45) is 0 Å². The van der Waals surface area contributed by atoms with E-state index in [1.54, 1.807) is 30.9 Å². The lowest BCUT2D eigenvalue weighted by atomic mass is 9.93. The summed E-state index contributed by atoms with van der Waals surface area (Å²) in [6, 6.07) is 17.0. The largest absolute Gasteiger partial charge is 0.437 e. The number of hydrogen-bond donors (Lipinski definition) is 1. The molecule has 1 amide bonds. The highest BCUT2D eigenvalue weighted by Crippen LogP contribution is 2.34. The minimum Gasteiger partial charge on any atom is -0.437 e. The molecule has 5 rings (SSSR count). The maximum atomic E-state index is 13.2. The van der Waals surface area contributed by atoms with Gasteiger partial charge in [0, 0.05) is 55.0 Å². The normalized spacial score (nSPS) is 13.9. The van der Waals surface area contributed by atoms with Crippen molar-refractivity contribution in [3.63, 3.8) is 0 Å². The predicted molar refractivity (Wildman–Crippen MR) is 133 cm³/mol. The van der Waals surface area contributed by atoms with Gasteiger partial charge >= 0.3 is 0 Å². The molecule has 1 fully saturated rings. The van der Waals surface area contributed by atoms with E-state index in [9.17, 15) is 4.79 Å². The van der Waals surface area contributed by atoms with Gasteiger partial charge in [0.2, 0.25) is 11.8 Å². The molecule has 8 heteroatoms. The van der Waals surface area contributed by atoms with Crippen LogP contribution in [0.1, 0.15) is 40.4 Å². The topological polar surface area (TPSA) is 93.1 Å². The van der Waals surface area contributed by atoms with E-state index < -0.39 is 0 Å². The Labute approximate surface area is 204 Å². The number of amides is 1. The van der Waals surface area contributed by atoms with Gasteiger partial charge in [-0.2, -0.15) is 0 Å². The third-order valence-corrected chi connectivity index (χ3v) is 6.09. The number of hydrogen-bond acceptors (Lipinski definition) is 7. The van der Waals surface area contributed by atoms with Gasteiger partial charge in [0.15, 0.2) is 0 Å². The fraction of sp³-hybridized carbons (Fsp3) is 0.222. The van der Waals surface area contributed by atoms with E-state index in [0.29, 0.717) is 30.5 Å². The number of para-hydroxylation sites is 1. The molecule has 0 aliphatic carbocycles. The molecule has 1 saturated heterocycles. The summed E-state index contributed by atoms with van der Waals surface area (Å²) in [7, 11) is 0. The molecule has 2 aromatic carbocycles. The standard InChI is InChI=1S/C27H26N6O2/c1-19-6-2-3-9-23(19)35-25-24(28-14-15-29-25)20-10-16-33(17-11-20)26(34)21-7-4-8-22(18-21)32-27-30-12-5-13-31-27/h2-9,12-15,18,20H,10-11,16-17H2,1H3,(H,30,31,32). The van der Waals surface area contributed by atoms with Crippen molar-refractivity contribution in [3.8, 4) is 11.6 Å². The van der Waals surface area contributed by atoms with Gasteiger partial charge in [0.25, 0.3) is 5.91 Å². The van der Waals surface area contributed by atoms with Crippen molar-refractivity contribution >= 4 is 17.5 Å². The Morgan fingerprint density at radius 3 is 2.49 bits per heavy atom. The first-order valence-corrected chi connectivity index (χ1v) is 11.6. The van der Waals surface area contributed by atoms with Gasteiger partial charge in [-0.1, -0.05) is 24.3 Å². The number of anilines is 2. The van der Waals surface area contributed by atoms with Crippen LogP contribution < -0.4 is 10.1 Å². The molecule has 0 radical (unpaired) electrons. The lowest BCUT2D eigenvalue weighted by molar-refractivity contribution is 0.0711. The fourth-order valence-corrected chi connectivity index (χ4v) is 4.23. The number of likely N-dealkylation sites (tertiary alicyclic amines) is 1. The number of rotatable bonds is 6. The van der Waals surface area contributed by atoms with Crippen LogP contribution in [0.4, 0.5) is 11.6 Å². The summed E-state index contributed by atoms with van der Waals surface area (Å²) in [5.41, 5.74) is 3.29. The smallest absolute Gasteiger partial charge is 0.253 e. The fourth-order valence-electron chi connectivity index (χ4n) is 4.23. The molecule has 176 valence electrons. The third-order valence-electron chi connectivity index (χ3n) is 6.09. The average molecular weight is 467 g/mol. The molecular weight excluding hydrogens is 440 g/mol. The lowest BCUT2D eigenvalue weighted by Gasteiger charge is -2.32. The molecule has 0 spiro atoms. The van der Waals surface area contributed by atoms with Gasteiger partial charge in [0.1, 0.15) is 11.4 Å². The Morgan fingerprint density at radius 1 is 0.914 bits per heavy atom. The Morgan fingerprint density at radius 2 is 1.69 bits per heavy atom. The maximum absolute atomic E-state index is 13.2. The van der Waals surface area contributed by atoms with Crippen molar-refractivity contribution in [2.75, 3.05) is 18.4 Å². The Hall–Kier alpha value is -4.33. The zero-order valence-corrected chi connectivity index (χ0v) is 19.5. The molecule has 0 unspecified atom stereocenters.